The molecule has 4 heteroatoms. The first-order chi connectivity index (χ1) is 10.1. The van der Waals surface area contributed by atoms with E-state index in [0.29, 0.717) is 0 Å². The van der Waals surface area contributed by atoms with Crippen LogP contribution in [0.15, 0.2) is 23.8 Å². The summed E-state index contributed by atoms with van der Waals surface area (Å²) in [5.41, 5.74) is 1.11. The first kappa shape index (κ1) is 14.8. The Morgan fingerprint density at radius 2 is 2.43 bits per heavy atom. The molecule has 1 saturated heterocycles. The highest BCUT2D eigenvalue weighted by atomic mass is 16.5. The molecule has 4 nitrogen and oxygen atoms in total. The first-order valence-corrected chi connectivity index (χ1v) is 7.97. The van der Waals surface area contributed by atoms with Crippen molar-refractivity contribution in [3.63, 3.8) is 0 Å². The molecule has 0 aromatic heterocycles. The van der Waals surface area contributed by atoms with Crippen LogP contribution < -0.4 is 0 Å². The highest BCUT2D eigenvalue weighted by Gasteiger charge is 2.53. The fourth-order valence-corrected chi connectivity index (χ4v) is 4.59. The molecule has 0 bridgehead atoms. The normalized spacial score (nSPS) is 36.6. The zero-order valence-corrected chi connectivity index (χ0v) is 12.9. The van der Waals surface area contributed by atoms with Gasteiger partial charge in [0.2, 0.25) is 0 Å². The van der Waals surface area contributed by atoms with E-state index in [1.54, 1.807) is 0 Å². The van der Waals surface area contributed by atoms with Gasteiger partial charge < -0.3 is 9.84 Å². The molecule has 4 atom stereocenters. The second-order valence-corrected chi connectivity index (χ2v) is 6.61. The molecule has 0 spiro atoms. The number of hydrogen-bond acceptors (Lipinski definition) is 4. The van der Waals surface area contributed by atoms with Crippen LogP contribution in [0, 0.1) is 11.8 Å². The predicted molar refractivity (Wildman–Crippen MR) is 80.7 cm³/mol. The SMILES string of the molecule is COC(=O)[C@@H](C)C[C@@]12C3=CC[C@@H](O)[C@H]1CCCN2CC=C3. The second kappa shape index (κ2) is 5.58. The summed E-state index contributed by atoms with van der Waals surface area (Å²) in [5, 5.41) is 10.5. The van der Waals surface area contributed by atoms with Gasteiger partial charge in [0, 0.05) is 12.5 Å². The number of piperidine rings is 1. The van der Waals surface area contributed by atoms with E-state index in [4.69, 9.17) is 4.74 Å². The second-order valence-electron chi connectivity index (χ2n) is 6.61. The molecule has 116 valence electrons. The highest BCUT2D eigenvalue weighted by Crippen LogP contribution is 2.50. The van der Waals surface area contributed by atoms with E-state index < -0.39 is 0 Å². The summed E-state index contributed by atoms with van der Waals surface area (Å²) >= 11 is 0. The largest absolute Gasteiger partial charge is 0.469 e. The minimum atomic E-state index is -0.298. The van der Waals surface area contributed by atoms with Gasteiger partial charge in [-0.1, -0.05) is 25.2 Å². The van der Waals surface area contributed by atoms with E-state index in [2.05, 4.69) is 23.1 Å². The Kier molecular flexibility index (Phi) is 3.93. The molecule has 0 aromatic rings. The quantitative estimate of drug-likeness (QED) is 0.807. The minimum absolute atomic E-state index is 0.154. The maximum atomic E-state index is 11.9. The van der Waals surface area contributed by atoms with Crippen molar-refractivity contribution in [2.45, 2.75) is 44.2 Å². The molecule has 2 heterocycles. The molecule has 21 heavy (non-hydrogen) atoms. The Hall–Kier alpha value is -1.13. The summed E-state index contributed by atoms with van der Waals surface area (Å²) in [6.07, 6.45) is 9.89. The number of carbonyl (C=O) groups is 1. The molecular weight excluding hydrogens is 266 g/mol. The maximum Gasteiger partial charge on any atom is 0.308 e. The van der Waals surface area contributed by atoms with E-state index in [1.807, 2.05) is 6.92 Å². The first-order valence-electron chi connectivity index (χ1n) is 7.97. The van der Waals surface area contributed by atoms with E-state index in [-0.39, 0.29) is 29.4 Å². The van der Waals surface area contributed by atoms with Crippen molar-refractivity contribution in [1.29, 1.82) is 0 Å². The van der Waals surface area contributed by atoms with Gasteiger partial charge in [-0.25, -0.2) is 0 Å². The Morgan fingerprint density at radius 3 is 3.19 bits per heavy atom. The number of aliphatic hydroxyl groups excluding tert-OH is 1. The zero-order chi connectivity index (χ0) is 15.0. The van der Waals surface area contributed by atoms with Gasteiger partial charge in [-0.2, -0.15) is 0 Å². The molecule has 1 N–H and O–H groups in total. The van der Waals surface area contributed by atoms with Gasteiger partial charge >= 0.3 is 5.97 Å². The molecule has 2 aliphatic heterocycles. The molecule has 0 unspecified atom stereocenters. The van der Waals surface area contributed by atoms with Crippen LogP contribution in [0.25, 0.3) is 0 Å². The van der Waals surface area contributed by atoms with Crippen molar-refractivity contribution >= 4 is 5.97 Å². The van der Waals surface area contributed by atoms with Crippen LogP contribution in [0.2, 0.25) is 0 Å². The predicted octanol–water partition coefficient (Wildman–Crippen LogP) is 1.90. The number of nitrogens with zero attached hydrogens (tertiary/aromatic N) is 1. The van der Waals surface area contributed by atoms with E-state index in [1.165, 1.54) is 12.7 Å². The van der Waals surface area contributed by atoms with Crippen LogP contribution in [0.1, 0.15) is 32.6 Å². The van der Waals surface area contributed by atoms with Gasteiger partial charge in [0.05, 0.1) is 24.7 Å². The Morgan fingerprint density at radius 1 is 1.62 bits per heavy atom. The van der Waals surface area contributed by atoms with E-state index in [9.17, 15) is 9.90 Å². The van der Waals surface area contributed by atoms with Crippen molar-refractivity contribution in [3.05, 3.63) is 23.8 Å². The lowest BCUT2D eigenvalue weighted by Crippen LogP contribution is -2.64. The fourth-order valence-electron chi connectivity index (χ4n) is 4.59. The summed E-state index contributed by atoms with van der Waals surface area (Å²) in [5.74, 6) is -0.0841. The number of ether oxygens (including phenoxy) is 1. The summed E-state index contributed by atoms with van der Waals surface area (Å²) in [6, 6.07) is 0. The van der Waals surface area contributed by atoms with Crippen LogP contribution in [0.5, 0.6) is 0 Å². The van der Waals surface area contributed by atoms with Crippen LogP contribution >= 0.6 is 0 Å². The van der Waals surface area contributed by atoms with Crippen molar-refractivity contribution in [2.24, 2.45) is 11.8 Å². The number of esters is 1. The third-order valence-corrected chi connectivity index (χ3v) is 5.51. The third-order valence-electron chi connectivity index (χ3n) is 5.51. The van der Waals surface area contributed by atoms with E-state index >= 15 is 0 Å². The van der Waals surface area contributed by atoms with Crippen LogP contribution in [-0.4, -0.2) is 47.8 Å². The van der Waals surface area contributed by atoms with Gasteiger partial charge in [-0.15, -0.1) is 0 Å². The smallest absolute Gasteiger partial charge is 0.308 e. The summed E-state index contributed by atoms with van der Waals surface area (Å²) in [7, 11) is 1.45. The highest BCUT2D eigenvalue weighted by molar-refractivity contribution is 5.72. The number of aliphatic hydroxyl groups is 1. The van der Waals surface area contributed by atoms with Crippen LogP contribution in [0.3, 0.4) is 0 Å². The van der Waals surface area contributed by atoms with Gasteiger partial charge in [-0.3, -0.25) is 9.69 Å². The molecule has 0 aromatic carbocycles. The van der Waals surface area contributed by atoms with Crippen molar-refractivity contribution in [2.75, 3.05) is 20.2 Å². The van der Waals surface area contributed by atoms with E-state index in [0.717, 1.165) is 38.8 Å². The maximum absolute atomic E-state index is 11.9. The molecular formula is C17H25NO3. The lowest BCUT2D eigenvalue weighted by Gasteiger charge is -2.58. The lowest BCUT2D eigenvalue weighted by atomic mass is 9.61. The van der Waals surface area contributed by atoms with Crippen molar-refractivity contribution < 1.29 is 14.6 Å². The topological polar surface area (TPSA) is 49.8 Å². The van der Waals surface area contributed by atoms with Gasteiger partial charge in [0.1, 0.15) is 0 Å². The van der Waals surface area contributed by atoms with Gasteiger partial charge in [0.25, 0.3) is 0 Å². The Balaban J connectivity index is 2.00. The average molecular weight is 291 g/mol. The Labute approximate surface area is 126 Å². The number of methoxy groups -OCH3 is 1. The molecule has 1 fully saturated rings. The zero-order valence-electron chi connectivity index (χ0n) is 12.9. The molecule has 0 radical (unpaired) electrons. The monoisotopic (exact) mass is 291 g/mol. The van der Waals surface area contributed by atoms with Crippen LogP contribution in [-0.2, 0) is 9.53 Å². The lowest BCUT2D eigenvalue weighted by molar-refractivity contribution is -0.147. The number of carbonyl (C=O) groups excluding carboxylic acids is 1. The standard InChI is InChI=1S/C17H25NO3/c1-12(16(20)21-2)11-17-13-5-3-9-18(17)10-4-6-14(17)15(19)8-7-13/h3,5,7,12,14-15,19H,4,6,8-11H2,1-2H3/t12-,14+,15+,17+/m0/s1. The van der Waals surface area contributed by atoms with Crippen molar-refractivity contribution in [3.8, 4) is 0 Å². The number of hydrogen-bond donors (Lipinski definition) is 1. The fraction of sp³-hybridized carbons (Fsp3) is 0.706. The average Bonchev–Trinajstić information content (AvgIpc) is 2.49. The Bertz CT molecular complexity index is 484. The minimum Gasteiger partial charge on any atom is -0.469 e. The summed E-state index contributed by atoms with van der Waals surface area (Å²) in [6.45, 7) is 3.89. The molecule has 0 saturated carbocycles. The van der Waals surface area contributed by atoms with Crippen LogP contribution in [0.4, 0.5) is 0 Å². The molecule has 3 rings (SSSR count). The van der Waals surface area contributed by atoms with Gasteiger partial charge in [0.15, 0.2) is 0 Å². The summed E-state index contributed by atoms with van der Waals surface area (Å²) < 4.78 is 4.92. The number of rotatable bonds is 3. The molecule has 1 aliphatic carbocycles. The summed E-state index contributed by atoms with van der Waals surface area (Å²) in [4.78, 5) is 14.4. The third kappa shape index (κ3) is 2.25. The van der Waals surface area contributed by atoms with Gasteiger partial charge in [-0.05, 0) is 37.8 Å². The molecule has 3 aliphatic rings. The molecule has 0 amide bonds. The van der Waals surface area contributed by atoms with Crippen molar-refractivity contribution in [1.82, 2.24) is 4.90 Å².